The van der Waals surface area contributed by atoms with Gasteiger partial charge in [0.25, 0.3) is 0 Å². The number of hydrogen-bond donors (Lipinski definition) is 0. The van der Waals surface area contributed by atoms with Gasteiger partial charge in [-0.1, -0.05) is 0 Å². The molecule has 1 saturated carbocycles. The summed E-state index contributed by atoms with van der Waals surface area (Å²) >= 11 is 0. The zero-order valence-corrected chi connectivity index (χ0v) is 7.86. The lowest BCUT2D eigenvalue weighted by molar-refractivity contribution is -0.117. The lowest BCUT2D eigenvalue weighted by Crippen LogP contribution is -2.05. The highest BCUT2D eigenvalue weighted by atomic mass is 16.1. The van der Waals surface area contributed by atoms with E-state index < -0.39 is 0 Å². The molecule has 0 aliphatic heterocycles. The van der Waals surface area contributed by atoms with E-state index in [0.29, 0.717) is 11.7 Å². The Bertz CT molecular complexity index is 316. The van der Waals surface area contributed by atoms with Crippen molar-refractivity contribution >= 4 is 5.78 Å². The summed E-state index contributed by atoms with van der Waals surface area (Å²) in [6.45, 7) is 0. The minimum Gasteiger partial charge on any atom is -0.338 e. The summed E-state index contributed by atoms with van der Waals surface area (Å²) < 4.78 is 2.03. The Kier molecular flexibility index (Phi) is 2.17. The lowest BCUT2D eigenvalue weighted by atomic mass is 10.0. The van der Waals surface area contributed by atoms with E-state index in [2.05, 4.69) is 4.98 Å². The Morgan fingerprint density at radius 2 is 2.54 bits per heavy atom. The SMILES string of the molecule is Cn1ccnc1CC1CCC(=O)C1. The van der Waals surface area contributed by atoms with Crippen LogP contribution >= 0.6 is 0 Å². The summed E-state index contributed by atoms with van der Waals surface area (Å²) in [6.07, 6.45) is 7.29. The zero-order valence-electron chi connectivity index (χ0n) is 7.86. The molecular weight excluding hydrogens is 164 g/mol. The van der Waals surface area contributed by atoms with Crippen LogP contribution in [0.3, 0.4) is 0 Å². The van der Waals surface area contributed by atoms with Crippen LogP contribution in [0.2, 0.25) is 0 Å². The van der Waals surface area contributed by atoms with Crippen molar-refractivity contribution in [2.24, 2.45) is 13.0 Å². The van der Waals surface area contributed by atoms with Gasteiger partial charge in [0.05, 0.1) is 0 Å². The van der Waals surface area contributed by atoms with Crippen LogP contribution in [0, 0.1) is 5.92 Å². The predicted molar refractivity (Wildman–Crippen MR) is 49.3 cm³/mol. The molecule has 1 aliphatic carbocycles. The van der Waals surface area contributed by atoms with Crippen molar-refractivity contribution < 1.29 is 4.79 Å². The smallest absolute Gasteiger partial charge is 0.133 e. The maximum absolute atomic E-state index is 11.0. The summed E-state index contributed by atoms with van der Waals surface area (Å²) in [5.41, 5.74) is 0. The Balaban J connectivity index is 1.99. The van der Waals surface area contributed by atoms with E-state index in [0.717, 1.165) is 31.5 Å². The van der Waals surface area contributed by atoms with Crippen LogP contribution in [0.5, 0.6) is 0 Å². The molecule has 3 nitrogen and oxygen atoms in total. The summed E-state index contributed by atoms with van der Waals surface area (Å²) in [4.78, 5) is 15.3. The molecule has 70 valence electrons. The van der Waals surface area contributed by atoms with Gasteiger partial charge in [0.1, 0.15) is 11.6 Å². The maximum Gasteiger partial charge on any atom is 0.133 e. The normalized spacial score (nSPS) is 22.5. The molecule has 1 heterocycles. The number of imidazole rings is 1. The molecule has 1 aromatic heterocycles. The van der Waals surface area contributed by atoms with Crippen LogP contribution in [0.4, 0.5) is 0 Å². The largest absolute Gasteiger partial charge is 0.338 e. The number of rotatable bonds is 2. The number of carbonyl (C=O) groups is 1. The third-order valence-corrected chi connectivity index (χ3v) is 2.74. The Morgan fingerprint density at radius 3 is 3.08 bits per heavy atom. The monoisotopic (exact) mass is 178 g/mol. The predicted octanol–water partition coefficient (Wildman–Crippen LogP) is 1.33. The van der Waals surface area contributed by atoms with Crippen molar-refractivity contribution in [1.29, 1.82) is 0 Å². The van der Waals surface area contributed by atoms with Crippen LogP contribution in [0.15, 0.2) is 12.4 Å². The fourth-order valence-corrected chi connectivity index (χ4v) is 1.92. The highest BCUT2D eigenvalue weighted by molar-refractivity contribution is 5.80. The second kappa shape index (κ2) is 3.32. The third kappa shape index (κ3) is 1.79. The van der Waals surface area contributed by atoms with Gasteiger partial charge in [0.15, 0.2) is 0 Å². The number of Topliss-reactive ketones (excluding diaryl/α,β-unsaturated/α-hetero) is 1. The van der Waals surface area contributed by atoms with Gasteiger partial charge < -0.3 is 4.57 Å². The molecule has 0 saturated heterocycles. The lowest BCUT2D eigenvalue weighted by Gasteiger charge is -2.06. The maximum atomic E-state index is 11.0. The average molecular weight is 178 g/mol. The van der Waals surface area contributed by atoms with Gasteiger partial charge in [0.2, 0.25) is 0 Å². The van der Waals surface area contributed by atoms with Gasteiger partial charge in [-0.15, -0.1) is 0 Å². The summed E-state index contributed by atoms with van der Waals surface area (Å²) in [5.74, 6) is 2.05. The van der Waals surface area contributed by atoms with Gasteiger partial charge in [0, 0.05) is 38.7 Å². The number of hydrogen-bond acceptors (Lipinski definition) is 2. The zero-order chi connectivity index (χ0) is 9.26. The first kappa shape index (κ1) is 8.48. The highest BCUT2D eigenvalue weighted by Gasteiger charge is 2.23. The molecule has 2 rings (SSSR count). The molecule has 1 unspecified atom stereocenters. The second-order valence-electron chi connectivity index (χ2n) is 3.81. The van der Waals surface area contributed by atoms with Crippen molar-refractivity contribution in [3.05, 3.63) is 18.2 Å². The minimum atomic E-state index is 0.416. The summed E-state index contributed by atoms with van der Waals surface area (Å²) in [7, 11) is 2.00. The minimum absolute atomic E-state index is 0.416. The first-order chi connectivity index (χ1) is 6.25. The van der Waals surface area contributed by atoms with Crippen molar-refractivity contribution in [2.45, 2.75) is 25.7 Å². The average Bonchev–Trinajstić information content (AvgIpc) is 2.64. The molecule has 0 aromatic carbocycles. The van der Waals surface area contributed by atoms with Crippen LogP contribution in [0.1, 0.15) is 25.1 Å². The Morgan fingerprint density at radius 1 is 1.69 bits per heavy atom. The molecule has 0 N–H and O–H groups in total. The van der Waals surface area contributed by atoms with Crippen LogP contribution in [0.25, 0.3) is 0 Å². The number of aryl methyl sites for hydroxylation is 1. The van der Waals surface area contributed by atoms with Gasteiger partial charge in [-0.3, -0.25) is 4.79 Å². The molecule has 1 aliphatic rings. The Labute approximate surface area is 77.8 Å². The van der Waals surface area contributed by atoms with E-state index in [-0.39, 0.29) is 0 Å². The van der Waals surface area contributed by atoms with Crippen molar-refractivity contribution in [3.63, 3.8) is 0 Å². The van der Waals surface area contributed by atoms with Crippen LogP contribution in [-0.2, 0) is 18.3 Å². The molecule has 0 radical (unpaired) electrons. The third-order valence-electron chi connectivity index (χ3n) is 2.74. The van der Waals surface area contributed by atoms with E-state index in [1.54, 1.807) is 0 Å². The fraction of sp³-hybridized carbons (Fsp3) is 0.600. The van der Waals surface area contributed by atoms with E-state index in [9.17, 15) is 4.79 Å². The standard InChI is InChI=1S/C10H14N2O/c1-12-5-4-11-10(12)7-8-2-3-9(13)6-8/h4-5,8H,2-3,6-7H2,1H3. The van der Waals surface area contributed by atoms with Gasteiger partial charge in [-0.25, -0.2) is 4.98 Å². The van der Waals surface area contributed by atoms with Crippen LogP contribution in [-0.4, -0.2) is 15.3 Å². The fourth-order valence-electron chi connectivity index (χ4n) is 1.92. The van der Waals surface area contributed by atoms with Crippen molar-refractivity contribution in [3.8, 4) is 0 Å². The molecule has 1 fully saturated rings. The van der Waals surface area contributed by atoms with E-state index in [1.165, 1.54) is 0 Å². The topological polar surface area (TPSA) is 34.9 Å². The van der Waals surface area contributed by atoms with E-state index >= 15 is 0 Å². The quantitative estimate of drug-likeness (QED) is 0.684. The van der Waals surface area contributed by atoms with Crippen molar-refractivity contribution in [2.75, 3.05) is 0 Å². The molecule has 1 aromatic rings. The van der Waals surface area contributed by atoms with Gasteiger partial charge in [-0.05, 0) is 12.3 Å². The first-order valence-corrected chi connectivity index (χ1v) is 4.73. The van der Waals surface area contributed by atoms with Gasteiger partial charge >= 0.3 is 0 Å². The van der Waals surface area contributed by atoms with Gasteiger partial charge in [-0.2, -0.15) is 0 Å². The second-order valence-corrected chi connectivity index (χ2v) is 3.81. The number of nitrogens with zero attached hydrogens (tertiary/aromatic N) is 2. The number of ketones is 1. The molecule has 3 heteroatoms. The molecule has 0 spiro atoms. The molecule has 1 atom stereocenters. The number of aromatic nitrogens is 2. The molecule has 0 bridgehead atoms. The highest BCUT2D eigenvalue weighted by Crippen LogP contribution is 2.24. The molecular formula is C10H14N2O. The Hall–Kier alpha value is -1.12. The molecule has 0 amide bonds. The summed E-state index contributed by atoms with van der Waals surface area (Å²) in [5, 5.41) is 0. The number of carbonyl (C=O) groups excluding carboxylic acids is 1. The summed E-state index contributed by atoms with van der Waals surface area (Å²) in [6, 6.07) is 0. The van der Waals surface area contributed by atoms with Crippen LogP contribution < -0.4 is 0 Å². The van der Waals surface area contributed by atoms with E-state index in [4.69, 9.17) is 0 Å². The molecule has 13 heavy (non-hydrogen) atoms. The van der Waals surface area contributed by atoms with Crippen molar-refractivity contribution in [1.82, 2.24) is 9.55 Å². The first-order valence-electron chi connectivity index (χ1n) is 4.73. The van der Waals surface area contributed by atoms with E-state index in [1.807, 2.05) is 24.0 Å².